The molecule has 0 bridgehead atoms. The normalized spacial score (nSPS) is 10.8. The minimum atomic E-state index is -0.816. The lowest BCUT2D eigenvalue weighted by Gasteiger charge is -2.19. The third-order valence-corrected chi connectivity index (χ3v) is 3.45. The average molecular weight is 276 g/mol. The SMILES string of the molecule is Cc1cccc(CN(CC(=O)O)Cc2nccs2)c1. The molecule has 1 aromatic heterocycles. The first-order chi connectivity index (χ1) is 9.13. The van der Waals surface area contributed by atoms with E-state index in [1.807, 2.05) is 35.4 Å². The Morgan fingerprint density at radius 1 is 1.42 bits per heavy atom. The van der Waals surface area contributed by atoms with Gasteiger partial charge in [-0.1, -0.05) is 29.8 Å². The van der Waals surface area contributed by atoms with E-state index in [0.29, 0.717) is 13.1 Å². The van der Waals surface area contributed by atoms with Crippen molar-refractivity contribution in [1.82, 2.24) is 9.88 Å². The molecule has 0 unspecified atom stereocenters. The third-order valence-electron chi connectivity index (χ3n) is 2.69. The molecule has 0 aliphatic carbocycles. The van der Waals surface area contributed by atoms with Gasteiger partial charge in [0.2, 0.25) is 0 Å². The molecule has 19 heavy (non-hydrogen) atoms. The fraction of sp³-hybridized carbons (Fsp3) is 0.286. The van der Waals surface area contributed by atoms with E-state index in [1.165, 1.54) is 5.56 Å². The third kappa shape index (κ3) is 4.46. The van der Waals surface area contributed by atoms with Gasteiger partial charge in [0.1, 0.15) is 5.01 Å². The number of aryl methyl sites for hydroxylation is 1. The van der Waals surface area contributed by atoms with Gasteiger partial charge < -0.3 is 5.11 Å². The van der Waals surface area contributed by atoms with Crippen LogP contribution in [0.5, 0.6) is 0 Å². The van der Waals surface area contributed by atoms with E-state index in [1.54, 1.807) is 17.5 Å². The minimum absolute atomic E-state index is 0.0214. The maximum Gasteiger partial charge on any atom is 0.317 e. The number of aromatic nitrogens is 1. The van der Waals surface area contributed by atoms with Crippen molar-refractivity contribution in [2.24, 2.45) is 0 Å². The predicted octanol–water partition coefficient (Wildman–Crippen LogP) is 2.54. The Kier molecular flexibility index (Phi) is 4.65. The second-order valence-corrected chi connectivity index (χ2v) is 5.43. The molecule has 100 valence electrons. The molecule has 1 aromatic carbocycles. The molecule has 5 heteroatoms. The van der Waals surface area contributed by atoms with Crippen molar-refractivity contribution in [3.05, 3.63) is 52.0 Å². The summed E-state index contributed by atoms with van der Waals surface area (Å²) in [5.74, 6) is -0.816. The van der Waals surface area contributed by atoms with Crippen molar-refractivity contribution >= 4 is 17.3 Å². The lowest BCUT2D eigenvalue weighted by molar-refractivity contribution is -0.138. The number of hydrogen-bond acceptors (Lipinski definition) is 4. The van der Waals surface area contributed by atoms with Gasteiger partial charge in [0.15, 0.2) is 0 Å². The second kappa shape index (κ2) is 6.45. The summed E-state index contributed by atoms with van der Waals surface area (Å²) < 4.78 is 0. The highest BCUT2D eigenvalue weighted by atomic mass is 32.1. The number of aliphatic carboxylic acids is 1. The molecular formula is C14H16N2O2S. The van der Waals surface area contributed by atoms with Crippen LogP contribution in [0.3, 0.4) is 0 Å². The molecule has 0 amide bonds. The van der Waals surface area contributed by atoms with E-state index >= 15 is 0 Å². The largest absolute Gasteiger partial charge is 0.480 e. The van der Waals surface area contributed by atoms with Crippen molar-refractivity contribution in [3.8, 4) is 0 Å². The van der Waals surface area contributed by atoms with Gasteiger partial charge in [-0.15, -0.1) is 11.3 Å². The lowest BCUT2D eigenvalue weighted by atomic mass is 10.1. The zero-order chi connectivity index (χ0) is 13.7. The molecule has 1 N–H and O–H groups in total. The van der Waals surface area contributed by atoms with Crippen molar-refractivity contribution in [2.75, 3.05) is 6.54 Å². The Labute approximate surface area is 116 Å². The number of benzene rings is 1. The number of carboxylic acid groups (broad SMARTS) is 1. The van der Waals surface area contributed by atoms with E-state index in [-0.39, 0.29) is 6.54 Å². The second-order valence-electron chi connectivity index (χ2n) is 4.45. The molecule has 0 aliphatic heterocycles. The molecule has 2 aromatic rings. The maximum atomic E-state index is 10.9. The van der Waals surface area contributed by atoms with Gasteiger partial charge in [0.25, 0.3) is 0 Å². The van der Waals surface area contributed by atoms with Crippen molar-refractivity contribution in [1.29, 1.82) is 0 Å². The molecule has 0 fully saturated rings. The molecule has 0 spiro atoms. The van der Waals surface area contributed by atoms with E-state index in [9.17, 15) is 4.79 Å². The summed E-state index contributed by atoms with van der Waals surface area (Å²) in [6.45, 7) is 3.24. The summed E-state index contributed by atoms with van der Waals surface area (Å²) in [5, 5.41) is 11.8. The van der Waals surface area contributed by atoms with Gasteiger partial charge in [-0.2, -0.15) is 0 Å². The highest BCUT2D eigenvalue weighted by molar-refractivity contribution is 7.09. The Bertz CT molecular complexity index is 540. The first kappa shape index (κ1) is 13.7. The van der Waals surface area contributed by atoms with Crippen molar-refractivity contribution < 1.29 is 9.90 Å². The molecule has 0 radical (unpaired) electrons. The smallest absolute Gasteiger partial charge is 0.317 e. The Morgan fingerprint density at radius 2 is 2.26 bits per heavy atom. The number of nitrogens with zero attached hydrogens (tertiary/aromatic N) is 2. The standard InChI is InChI=1S/C14H16N2O2S/c1-11-3-2-4-12(7-11)8-16(10-14(17)18)9-13-15-5-6-19-13/h2-7H,8-10H2,1H3,(H,17,18). The lowest BCUT2D eigenvalue weighted by Crippen LogP contribution is -2.28. The first-order valence-corrected chi connectivity index (χ1v) is 6.89. The highest BCUT2D eigenvalue weighted by Crippen LogP contribution is 2.12. The van der Waals surface area contributed by atoms with E-state index in [4.69, 9.17) is 5.11 Å². The first-order valence-electron chi connectivity index (χ1n) is 6.01. The molecule has 0 aliphatic rings. The van der Waals surface area contributed by atoms with Gasteiger partial charge in [0.05, 0.1) is 13.1 Å². The predicted molar refractivity (Wildman–Crippen MR) is 75.0 cm³/mol. The van der Waals surface area contributed by atoms with Crippen LogP contribution < -0.4 is 0 Å². The number of carbonyl (C=O) groups is 1. The number of hydrogen-bond donors (Lipinski definition) is 1. The van der Waals surface area contributed by atoms with Crippen LogP contribution in [-0.4, -0.2) is 27.5 Å². The number of carboxylic acids is 1. The molecule has 0 saturated carbocycles. The fourth-order valence-electron chi connectivity index (χ4n) is 1.95. The topological polar surface area (TPSA) is 53.4 Å². The van der Waals surface area contributed by atoms with Crippen LogP contribution in [0.15, 0.2) is 35.8 Å². The summed E-state index contributed by atoms with van der Waals surface area (Å²) in [4.78, 5) is 17.0. The van der Waals surface area contributed by atoms with E-state index < -0.39 is 5.97 Å². The molecule has 4 nitrogen and oxygen atoms in total. The van der Waals surface area contributed by atoms with E-state index in [0.717, 1.165) is 10.6 Å². The molecule has 2 rings (SSSR count). The van der Waals surface area contributed by atoms with Gasteiger partial charge >= 0.3 is 5.97 Å². The van der Waals surface area contributed by atoms with Crippen LogP contribution in [0.25, 0.3) is 0 Å². The highest BCUT2D eigenvalue weighted by Gasteiger charge is 2.12. The summed E-state index contributed by atoms with van der Waals surface area (Å²) in [6.07, 6.45) is 1.74. The fourth-order valence-corrected chi connectivity index (χ4v) is 2.61. The molecule has 0 saturated heterocycles. The molecule has 0 atom stereocenters. The summed E-state index contributed by atoms with van der Waals surface area (Å²) in [5.41, 5.74) is 2.31. The summed E-state index contributed by atoms with van der Waals surface area (Å²) in [7, 11) is 0. The van der Waals surface area contributed by atoms with Crippen LogP contribution in [0.2, 0.25) is 0 Å². The zero-order valence-electron chi connectivity index (χ0n) is 10.7. The monoisotopic (exact) mass is 276 g/mol. The van der Waals surface area contributed by atoms with Crippen LogP contribution >= 0.6 is 11.3 Å². The van der Waals surface area contributed by atoms with Gasteiger partial charge in [-0.25, -0.2) is 4.98 Å². The Morgan fingerprint density at radius 3 is 2.89 bits per heavy atom. The molecular weight excluding hydrogens is 260 g/mol. The van der Waals surface area contributed by atoms with Gasteiger partial charge in [-0.05, 0) is 12.5 Å². The van der Waals surface area contributed by atoms with Crippen molar-refractivity contribution in [3.63, 3.8) is 0 Å². The Balaban J connectivity index is 2.07. The molecule has 1 heterocycles. The Hall–Kier alpha value is -1.72. The zero-order valence-corrected chi connectivity index (χ0v) is 11.6. The maximum absolute atomic E-state index is 10.9. The van der Waals surface area contributed by atoms with Crippen LogP contribution in [0.1, 0.15) is 16.1 Å². The number of thiazole rings is 1. The summed E-state index contributed by atoms with van der Waals surface area (Å²) in [6, 6.07) is 8.12. The minimum Gasteiger partial charge on any atom is -0.480 e. The number of rotatable bonds is 6. The van der Waals surface area contributed by atoms with Gasteiger partial charge in [-0.3, -0.25) is 9.69 Å². The van der Waals surface area contributed by atoms with Gasteiger partial charge in [0, 0.05) is 18.1 Å². The quantitative estimate of drug-likeness (QED) is 0.881. The summed E-state index contributed by atoms with van der Waals surface area (Å²) >= 11 is 1.55. The average Bonchev–Trinajstić information content (AvgIpc) is 2.80. The van der Waals surface area contributed by atoms with E-state index in [2.05, 4.69) is 11.1 Å². The van der Waals surface area contributed by atoms with Crippen LogP contribution in [0.4, 0.5) is 0 Å². The van der Waals surface area contributed by atoms with Crippen LogP contribution in [0, 0.1) is 6.92 Å². The van der Waals surface area contributed by atoms with Crippen LogP contribution in [-0.2, 0) is 17.9 Å². The van der Waals surface area contributed by atoms with Crippen molar-refractivity contribution in [2.45, 2.75) is 20.0 Å².